The third-order valence-corrected chi connectivity index (χ3v) is 5.49. The van der Waals surface area contributed by atoms with Crippen LogP contribution in [0.4, 0.5) is 15.8 Å². The van der Waals surface area contributed by atoms with Crippen LogP contribution in [0.3, 0.4) is 0 Å². The van der Waals surface area contributed by atoms with Gasteiger partial charge in [0.15, 0.2) is 0 Å². The molecule has 0 bridgehead atoms. The van der Waals surface area contributed by atoms with Gasteiger partial charge in [0.05, 0.1) is 6.04 Å². The lowest BCUT2D eigenvalue weighted by molar-refractivity contribution is -0.117. The molecule has 2 aliphatic rings. The van der Waals surface area contributed by atoms with Gasteiger partial charge in [-0.25, -0.2) is 4.39 Å². The molecule has 3 atom stereocenters. The molecule has 4 rings (SSSR count). The molecule has 1 aliphatic carbocycles. The maximum atomic E-state index is 14.0. The Balaban J connectivity index is 1.81. The number of rotatable bonds is 3. The summed E-state index contributed by atoms with van der Waals surface area (Å²) in [6.45, 7) is 3.66. The van der Waals surface area contributed by atoms with E-state index in [-0.39, 0.29) is 35.3 Å². The van der Waals surface area contributed by atoms with Crippen molar-refractivity contribution < 1.29 is 9.18 Å². The molecule has 1 aliphatic heterocycles. The Labute approximate surface area is 151 Å². The van der Waals surface area contributed by atoms with E-state index < -0.39 is 0 Å². The Morgan fingerprint density at radius 1 is 1.27 bits per heavy atom. The molecule has 3 unspecified atom stereocenters. The van der Waals surface area contributed by atoms with E-state index in [0.717, 1.165) is 24.1 Å². The third kappa shape index (κ3) is 2.89. The highest BCUT2D eigenvalue weighted by molar-refractivity contribution is 5.94. The van der Waals surface area contributed by atoms with Crippen molar-refractivity contribution in [3.8, 4) is 0 Å². The molecule has 0 saturated heterocycles. The zero-order chi connectivity index (χ0) is 18.4. The first-order valence-corrected chi connectivity index (χ1v) is 9.00. The maximum absolute atomic E-state index is 14.0. The largest absolute Gasteiger partial charge is 0.378 e. The molecular formula is C20H22FN3O2. The molecule has 2 N–H and O–H groups in total. The number of hydrogen-bond donors (Lipinski definition) is 2. The summed E-state index contributed by atoms with van der Waals surface area (Å²) in [5, 5.41) is 3.40. The number of benzene rings is 1. The van der Waals surface area contributed by atoms with Gasteiger partial charge in [-0.3, -0.25) is 9.59 Å². The van der Waals surface area contributed by atoms with Gasteiger partial charge in [-0.05, 0) is 43.0 Å². The number of nitrogens with zero attached hydrogens (tertiary/aromatic N) is 1. The molecule has 2 heterocycles. The van der Waals surface area contributed by atoms with Gasteiger partial charge in [0.1, 0.15) is 5.82 Å². The van der Waals surface area contributed by atoms with Crippen LogP contribution < -0.4 is 15.8 Å². The summed E-state index contributed by atoms with van der Waals surface area (Å²) in [4.78, 5) is 28.5. The molecule has 1 amide bonds. The molecule has 136 valence electrons. The maximum Gasteiger partial charge on any atom is 0.249 e. The van der Waals surface area contributed by atoms with Crippen molar-refractivity contribution in [3.05, 3.63) is 58.3 Å². The number of halogens is 1. The SMILES string of the molecule is CC(=O)N1c2ccc(F)cc2C(Nc2cc[nH]c(=O)c2)C(C)C1C1CC1. The van der Waals surface area contributed by atoms with Gasteiger partial charge in [-0.2, -0.15) is 0 Å². The van der Waals surface area contributed by atoms with Gasteiger partial charge in [0, 0.05) is 48.1 Å². The number of H-pyrrole nitrogens is 1. The molecule has 1 aromatic heterocycles. The fourth-order valence-corrected chi connectivity index (χ4v) is 4.25. The highest BCUT2D eigenvalue weighted by atomic mass is 19.1. The summed E-state index contributed by atoms with van der Waals surface area (Å²) in [6.07, 6.45) is 3.80. The third-order valence-electron chi connectivity index (χ3n) is 5.49. The highest BCUT2D eigenvalue weighted by Crippen LogP contribution is 2.50. The van der Waals surface area contributed by atoms with Crippen LogP contribution in [0.2, 0.25) is 0 Å². The van der Waals surface area contributed by atoms with Gasteiger partial charge in [0.2, 0.25) is 11.5 Å². The summed E-state index contributed by atoms with van der Waals surface area (Å²) in [7, 11) is 0. The number of carbonyl (C=O) groups excluding carboxylic acids is 1. The molecule has 26 heavy (non-hydrogen) atoms. The number of fused-ring (bicyclic) bond motifs is 1. The number of nitrogens with one attached hydrogen (secondary N) is 2. The monoisotopic (exact) mass is 355 g/mol. The van der Waals surface area contributed by atoms with Crippen LogP contribution in [0.25, 0.3) is 0 Å². The van der Waals surface area contributed by atoms with E-state index in [1.165, 1.54) is 18.2 Å². The van der Waals surface area contributed by atoms with Gasteiger partial charge in [-0.15, -0.1) is 0 Å². The van der Waals surface area contributed by atoms with Crippen LogP contribution in [0.5, 0.6) is 0 Å². The van der Waals surface area contributed by atoms with E-state index in [9.17, 15) is 14.0 Å². The van der Waals surface area contributed by atoms with Crippen molar-refractivity contribution in [1.29, 1.82) is 0 Å². The minimum atomic E-state index is -0.331. The number of anilines is 2. The van der Waals surface area contributed by atoms with E-state index >= 15 is 0 Å². The second-order valence-electron chi connectivity index (χ2n) is 7.34. The Morgan fingerprint density at radius 2 is 2.04 bits per heavy atom. The van der Waals surface area contributed by atoms with Crippen LogP contribution in [-0.2, 0) is 4.79 Å². The van der Waals surface area contributed by atoms with Crippen LogP contribution in [0.1, 0.15) is 38.3 Å². The fraction of sp³-hybridized carbons (Fsp3) is 0.400. The van der Waals surface area contributed by atoms with Crippen molar-refractivity contribution in [1.82, 2.24) is 4.98 Å². The second kappa shape index (κ2) is 6.27. The van der Waals surface area contributed by atoms with Gasteiger partial charge in [-0.1, -0.05) is 6.92 Å². The Kier molecular flexibility index (Phi) is 4.05. The lowest BCUT2D eigenvalue weighted by Gasteiger charge is -2.46. The zero-order valence-electron chi connectivity index (χ0n) is 14.8. The molecule has 6 heteroatoms. The average molecular weight is 355 g/mol. The molecule has 0 radical (unpaired) electrons. The number of aromatic amines is 1. The number of aromatic nitrogens is 1. The number of pyridine rings is 1. The molecule has 1 aromatic carbocycles. The predicted molar refractivity (Wildman–Crippen MR) is 98.7 cm³/mol. The normalized spacial score (nSPS) is 24.9. The predicted octanol–water partition coefficient (Wildman–Crippen LogP) is 3.45. The molecule has 5 nitrogen and oxygen atoms in total. The van der Waals surface area contributed by atoms with Gasteiger partial charge >= 0.3 is 0 Å². The van der Waals surface area contributed by atoms with Crippen molar-refractivity contribution in [3.63, 3.8) is 0 Å². The summed E-state index contributed by atoms with van der Waals surface area (Å²) < 4.78 is 14.0. The van der Waals surface area contributed by atoms with Gasteiger partial charge in [0.25, 0.3) is 0 Å². The Morgan fingerprint density at radius 3 is 2.69 bits per heavy atom. The Bertz CT molecular complexity index is 906. The van der Waals surface area contributed by atoms with Gasteiger partial charge < -0.3 is 15.2 Å². The minimum absolute atomic E-state index is 0.0174. The van der Waals surface area contributed by atoms with E-state index in [1.807, 2.05) is 4.90 Å². The van der Waals surface area contributed by atoms with Crippen molar-refractivity contribution >= 4 is 17.3 Å². The van der Waals surface area contributed by atoms with E-state index in [1.54, 1.807) is 25.3 Å². The molecule has 0 spiro atoms. The lowest BCUT2D eigenvalue weighted by atomic mass is 9.80. The summed E-state index contributed by atoms with van der Waals surface area (Å²) >= 11 is 0. The lowest BCUT2D eigenvalue weighted by Crippen LogP contribution is -2.51. The zero-order valence-corrected chi connectivity index (χ0v) is 14.8. The molecular weight excluding hydrogens is 333 g/mol. The summed E-state index contributed by atoms with van der Waals surface area (Å²) in [6, 6.07) is 7.77. The van der Waals surface area contributed by atoms with E-state index in [0.29, 0.717) is 11.6 Å². The molecule has 1 saturated carbocycles. The summed E-state index contributed by atoms with van der Waals surface area (Å²) in [5.41, 5.74) is 2.01. The summed E-state index contributed by atoms with van der Waals surface area (Å²) in [5.74, 6) is 0.203. The molecule has 2 aromatic rings. The first-order valence-electron chi connectivity index (χ1n) is 9.00. The number of carbonyl (C=O) groups is 1. The topological polar surface area (TPSA) is 65.2 Å². The molecule has 1 fully saturated rings. The highest BCUT2D eigenvalue weighted by Gasteiger charge is 2.47. The first kappa shape index (κ1) is 16.8. The quantitative estimate of drug-likeness (QED) is 0.886. The van der Waals surface area contributed by atoms with Crippen molar-refractivity contribution in [2.24, 2.45) is 11.8 Å². The van der Waals surface area contributed by atoms with Crippen LogP contribution in [-0.4, -0.2) is 16.9 Å². The standard InChI is InChI=1S/C20H22FN3O2/c1-11-19(23-15-7-8-22-18(26)10-15)16-9-14(21)5-6-17(16)24(12(2)25)20(11)13-3-4-13/h5-11,13,19-20H,3-4H2,1-2H3,(H2,22,23,26). The van der Waals surface area contributed by atoms with Crippen LogP contribution in [0, 0.1) is 17.7 Å². The smallest absolute Gasteiger partial charge is 0.249 e. The number of amides is 1. The van der Waals surface area contributed by atoms with E-state index in [4.69, 9.17) is 0 Å². The first-order chi connectivity index (χ1) is 12.5. The van der Waals surface area contributed by atoms with Crippen molar-refractivity contribution in [2.45, 2.75) is 38.8 Å². The van der Waals surface area contributed by atoms with Crippen LogP contribution >= 0.6 is 0 Å². The minimum Gasteiger partial charge on any atom is -0.378 e. The Hall–Kier alpha value is -2.63. The fourth-order valence-electron chi connectivity index (χ4n) is 4.25. The van der Waals surface area contributed by atoms with Crippen molar-refractivity contribution in [2.75, 3.05) is 10.2 Å². The van der Waals surface area contributed by atoms with Crippen LogP contribution in [0.15, 0.2) is 41.3 Å². The number of hydrogen-bond acceptors (Lipinski definition) is 3. The average Bonchev–Trinajstić information content (AvgIpc) is 3.41. The second-order valence-corrected chi connectivity index (χ2v) is 7.34. The van der Waals surface area contributed by atoms with E-state index in [2.05, 4.69) is 17.2 Å².